The van der Waals surface area contributed by atoms with Crippen molar-refractivity contribution >= 4 is 29.9 Å². The van der Waals surface area contributed by atoms with Gasteiger partial charge in [-0.1, -0.05) is 37.5 Å². The number of guanidine groups is 1. The highest BCUT2D eigenvalue weighted by Gasteiger charge is 2.37. The van der Waals surface area contributed by atoms with Crippen LogP contribution in [-0.4, -0.2) is 25.6 Å². The van der Waals surface area contributed by atoms with Crippen LogP contribution in [0.4, 0.5) is 13.2 Å². The summed E-state index contributed by atoms with van der Waals surface area (Å²) in [7, 11) is 0. The van der Waals surface area contributed by atoms with E-state index in [0.717, 1.165) is 69.2 Å². The summed E-state index contributed by atoms with van der Waals surface area (Å²) in [6.45, 7) is 2.31. The third-order valence-corrected chi connectivity index (χ3v) is 5.10. The van der Waals surface area contributed by atoms with Gasteiger partial charge < -0.3 is 10.6 Å². The van der Waals surface area contributed by atoms with Gasteiger partial charge in [0.25, 0.3) is 0 Å². The largest absolute Gasteiger partial charge is 0.416 e. The summed E-state index contributed by atoms with van der Waals surface area (Å²) in [5, 5.41) is 6.57. The molecular formula is C18H25F3IN3. The standard InChI is InChI=1S/C18H24F3N3.HI/c19-18(20,21)15-7-4-6-14(12-15)17(8-2-1-3-9-17)13-24-16-22-10-5-11-23-16;/h4,6-7,12H,1-3,5,8-11,13H2,(H2,22,23,24);1H. The Bertz CT molecular complexity index is 595. The molecule has 7 heteroatoms. The lowest BCUT2D eigenvalue weighted by molar-refractivity contribution is -0.137. The van der Waals surface area contributed by atoms with E-state index in [-0.39, 0.29) is 29.4 Å². The van der Waals surface area contributed by atoms with Gasteiger partial charge in [0, 0.05) is 25.0 Å². The number of hydrogen-bond acceptors (Lipinski definition) is 3. The van der Waals surface area contributed by atoms with Crippen LogP contribution in [-0.2, 0) is 11.6 Å². The quantitative estimate of drug-likeness (QED) is 0.645. The number of benzene rings is 1. The maximum absolute atomic E-state index is 13.1. The molecule has 3 rings (SSSR count). The number of halogens is 4. The molecule has 2 N–H and O–H groups in total. The van der Waals surface area contributed by atoms with Crippen LogP contribution in [0, 0.1) is 0 Å². The molecule has 0 bridgehead atoms. The van der Waals surface area contributed by atoms with E-state index in [1.165, 1.54) is 12.1 Å². The van der Waals surface area contributed by atoms with Crippen LogP contribution < -0.4 is 10.6 Å². The minimum Gasteiger partial charge on any atom is -0.356 e. The average molecular weight is 467 g/mol. The molecular weight excluding hydrogens is 442 g/mol. The average Bonchev–Trinajstić information content (AvgIpc) is 2.61. The first-order chi connectivity index (χ1) is 11.5. The maximum atomic E-state index is 13.1. The number of aliphatic imine (C=N–C) groups is 1. The Balaban J connectivity index is 0.00000225. The number of nitrogens with zero attached hydrogens (tertiary/aromatic N) is 1. The summed E-state index contributed by atoms with van der Waals surface area (Å²) >= 11 is 0. The van der Waals surface area contributed by atoms with Crippen molar-refractivity contribution in [3.8, 4) is 0 Å². The van der Waals surface area contributed by atoms with Crippen molar-refractivity contribution < 1.29 is 13.2 Å². The van der Waals surface area contributed by atoms with E-state index in [2.05, 4.69) is 15.6 Å². The normalized spacial score (nSPS) is 20.0. The lowest BCUT2D eigenvalue weighted by Gasteiger charge is -2.39. The van der Waals surface area contributed by atoms with Crippen LogP contribution in [0.2, 0.25) is 0 Å². The van der Waals surface area contributed by atoms with Crippen LogP contribution in [0.3, 0.4) is 0 Å². The number of rotatable bonds is 3. The highest BCUT2D eigenvalue weighted by atomic mass is 127. The zero-order chi connectivity index (χ0) is 17.0. The smallest absolute Gasteiger partial charge is 0.356 e. The molecule has 1 fully saturated rings. The Morgan fingerprint density at radius 2 is 1.88 bits per heavy atom. The second-order valence-electron chi connectivity index (χ2n) is 6.78. The lowest BCUT2D eigenvalue weighted by Crippen LogP contribution is -2.48. The Hall–Kier alpha value is -0.990. The van der Waals surface area contributed by atoms with Gasteiger partial charge in [0.2, 0.25) is 0 Å². The zero-order valence-electron chi connectivity index (χ0n) is 14.2. The van der Waals surface area contributed by atoms with E-state index in [4.69, 9.17) is 0 Å². The van der Waals surface area contributed by atoms with E-state index >= 15 is 0 Å². The third-order valence-electron chi connectivity index (χ3n) is 5.10. The van der Waals surface area contributed by atoms with Crippen molar-refractivity contribution in [2.45, 2.75) is 50.1 Å². The summed E-state index contributed by atoms with van der Waals surface area (Å²) in [6, 6.07) is 5.87. The Labute approximate surface area is 163 Å². The third kappa shape index (κ3) is 5.01. The lowest BCUT2D eigenvalue weighted by atomic mass is 9.69. The molecule has 1 saturated carbocycles. The SMILES string of the molecule is FC(F)(F)c1cccc(C2(CNC3=NCCCN3)CCCCC2)c1.I. The predicted octanol–water partition coefficient (Wildman–Crippen LogP) is 4.46. The molecule has 1 aliphatic carbocycles. The van der Waals surface area contributed by atoms with Crippen LogP contribution in [0.25, 0.3) is 0 Å². The molecule has 3 nitrogen and oxygen atoms in total. The van der Waals surface area contributed by atoms with Crippen molar-refractivity contribution in [3.63, 3.8) is 0 Å². The Morgan fingerprint density at radius 3 is 2.52 bits per heavy atom. The molecule has 1 aliphatic heterocycles. The van der Waals surface area contributed by atoms with Gasteiger partial charge in [0.1, 0.15) is 0 Å². The monoisotopic (exact) mass is 467 g/mol. The van der Waals surface area contributed by atoms with Gasteiger partial charge >= 0.3 is 6.18 Å². The fraction of sp³-hybridized carbons (Fsp3) is 0.611. The van der Waals surface area contributed by atoms with Crippen molar-refractivity contribution in [1.29, 1.82) is 0 Å². The molecule has 1 aromatic rings. The molecule has 0 radical (unpaired) electrons. The summed E-state index contributed by atoms with van der Waals surface area (Å²) in [4.78, 5) is 4.41. The second kappa shape index (κ2) is 8.60. The van der Waals surface area contributed by atoms with E-state index in [1.807, 2.05) is 6.07 Å². The Morgan fingerprint density at radius 1 is 1.12 bits per heavy atom. The molecule has 1 heterocycles. The molecule has 0 amide bonds. The first-order valence-corrected chi connectivity index (χ1v) is 8.70. The van der Waals surface area contributed by atoms with Gasteiger partial charge in [-0.2, -0.15) is 13.2 Å². The van der Waals surface area contributed by atoms with Gasteiger partial charge in [-0.15, -0.1) is 24.0 Å². The van der Waals surface area contributed by atoms with Crippen LogP contribution in [0.1, 0.15) is 49.7 Å². The van der Waals surface area contributed by atoms with Crippen LogP contribution >= 0.6 is 24.0 Å². The summed E-state index contributed by atoms with van der Waals surface area (Å²) in [5.41, 5.74) is -0.0137. The van der Waals surface area contributed by atoms with Crippen LogP contribution in [0.15, 0.2) is 29.3 Å². The number of nitrogens with one attached hydrogen (secondary N) is 2. The predicted molar refractivity (Wildman–Crippen MR) is 105 cm³/mol. The molecule has 25 heavy (non-hydrogen) atoms. The topological polar surface area (TPSA) is 36.4 Å². The highest BCUT2D eigenvalue weighted by Crippen LogP contribution is 2.41. The number of hydrogen-bond donors (Lipinski definition) is 2. The zero-order valence-corrected chi connectivity index (χ0v) is 16.5. The minimum absolute atomic E-state index is 0. The van der Waals surface area contributed by atoms with E-state index in [0.29, 0.717) is 6.54 Å². The molecule has 1 aromatic carbocycles. The van der Waals surface area contributed by atoms with Gasteiger partial charge in [-0.05, 0) is 30.9 Å². The fourth-order valence-electron chi connectivity index (χ4n) is 3.73. The van der Waals surface area contributed by atoms with Crippen molar-refractivity contribution in [3.05, 3.63) is 35.4 Å². The second-order valence-corrected chi connectivity index (χ2v) is 6.78. The maximum Gasteiger partial charge on any atom is 0.416 e. The molecule has 0 aromatic heterocycles. The van der Waals surface area contributed by atoms with E-state index < -0.39 is 11.7 Å². The number of alkyl halides is 3. The van der Waals surface area contributed by atoms with Gasteiger partial charge in [-0.3, -0.25) is 4.99 Å². The summed E-state index contributed by atoms with van der Waals surface area (Å²) in [5.74, 6) is 0.776. The van der Waals surface area contributed by atoms with Crippen molar-refractivity contribution in [1.82, 2.24) is 10.6 Å². The van der Waals surface area contributed by atoms with Gasteiger partial charge in [0.15, 0.2) is 5.96 Å². The highest BCUT2D eigenvalue weighted by molar-refractivity contribution is 14.0. The Kier molecular flexibility index (Phi) is 6.99. The van der Waals surface area contributed by atoms with Crippen LogP contribution in [0.5, 0.6) is 0 Å². The first-order valence-electron chi connectivity index (χ1n) is 8.70. The van der Waals surface area contributed by atoms with E-state index in [9.17, 15) is 13.2 Å². The molecule has 140 valence electrons. The summed E-state index contributed by atoms with van der Waals surface area (Å²) in [6.07, 6.45) is 1.80. The molecule has 2 aliphatic rings. The minimum atomic E-state index is -4.30. The van der Waals surface area contributed by atoms with Crippen molar-refractivity contribution in [2.75, 3.05) is 19.6 Å². The molecule has 0 atom stereocenters. The molecule has 0 unspecified atom stereocenters. The first kappa shape index (κ1) is 20.3. The van der Waals surface area contributed by atoms with E-state index in [1.54, 1.807) is 0 Å². The van der Waals surface area contributed by atoms with Gasteiger partial charge in [0.05, 0.1) is 5.56 Å². The molecule has 0 spiro atoms. The van der Waals surface area contributed by atoms with Crippen molar-refractivity contribution in [2.24, 2.45) is 4.99 Å². The summed E-state index contributed by atoms with van der Waals surface area (Å²) < 4.78 is 39.3. The fourth-order valence-corrected chi connectivity index (χ4v) is 3.73. The van der Waals surface area contributed by atoms with Gasteiger partial charge in [-0.25, -0.2) is 0 Å². The molecule has 0 saturated heterocycles.